The minimum absolute atomic E-state index is 0.202. The van der Waals surface area contributed by atoms with E-state index in [4.69, 9.17) is 5.73 Å². The van der Waals surface area contributed by atoms with Gasteiger partial charge in [0.15, 0.2) is 5.78 Å². The van der Waals surface area contributed by atoms with Gasteiger partial charge in [-0.1, -0.05) is 12.8 Å². The molecule has 1 fully saturated rings. The third kappa shape index (κ3) is 2.16. The van der Waals surface area contributed by atoms with Crippen LogP contribution in [-0.4, -0.2) is 20.9 Å². The quantitative estimate of drug-likeness (QED) is 0.830. The second-order valence-corrected chi connectivity index (χ2v) is 4.74. The molecule has 1 heterocycles. The van der Waals surface area contributed by atoms with Crippen molar-refractivity contribution in [2.75, 3.05) is 0 Å². The van der Waals surface area contributed by atoms with Crippen molar-refractivity contribution in [3.8, 4) is 0 Å². The molecule has 1 saturated carbocycles. The van der Waals surface area contributed by atoms with Gasteiger partial charge in [-0.25, -0.2) is 4.98 Å². The third-order valence-corrected chi connectivity index (χ3v) is 3.55. The highest BCUT2D eigenvalue weighted by Gasteiger charge is 2.36. The monoisotopic (exact) mass is 221 g/mol. The normalized spacial score (nSPS) is 18.9. The van der Waals surface area contributed by atoms with Crippen molar-refractivity contribution in [1.29, 1.82) is 0 Å². The smallest absolute Gasteiger partial charge is 0.153 e. The Labute approximate surface area is 95.9 Å². The van der Waals surface area contributed by atoms with E-state index >= 15 is 0 Å². The minimum atomic E-state index is -0.537. The molecule has 1 aromatic rings. The lowest BCUT2D eigenvalue weighted by Gasteiger charge is -2.21. The number of imidazole rings is 1. The molecule has 2 rings (SSSR count). The summed E-state index contributed by atoms with van der Waals surface area (Å²) in [5.74, 6) is 1.16. The Morgan fingerprint density at radius 1 is 1.56 bits per heavy atom. The summed E-state index contributed by atoms with van der Waals surface area (Å²) in [7, 11) is 1.95. The molecule has 4 nitrogen and oxygen atoms in total. The number of nitrogens with two attached hydrogens (primary N) is 1. The average molecular weight is 221 g/mol. The first-order valence-corrected chi connectivity index (χ1v) is 5.90. The number of aromatic nitrogens is 2. The standard InChI is InChI=1S/C12H19N3O/c1-15-9-8-14-11(15)5-4-10(16)12(13)6-2-3-7-12/h8-9H,2-7,13H2,1H3. The van der Waals surface area contributed by atoms with Crippen LogP contribution >= 0.6 is 0 Å². The van der Waals surface area contributed by atoms with E-state index in [1.54, 1.807) is 6.20 Å². The van der Waals surface area contributed by atoms with E-state index in [0.29, 0.717) is 12.8 Å². The van der Waals surface area contributed by atoms with Crippen LogP contribution in [0.25, 0.3) is 0 Å². The molecule has 16 heavy (non-hydrogen) atoms. The van der Waals surface area contributed by atoms with Crippen LogP contribution in [0, 0.1) is 0 Å². The predicted molar refractivity (Wildman–Crippen MR) is 61.9 cm³/mol. The summed E-state index contributed by atoms with van der Waals surface area (Å²) >= 11 is 0. The Bertz CT molecular complexity index is 377. The highest BCUT2D eigenvalue weighted by Crippen LogP contribution is 2.29. The summed E-state index contributed by atoms with van der Waals surface area (Å²) in [4.78, 5) is 16.2. The van der Waals surface area contributed by atoms with Gasteiger partial charge in [0.05, 0.1) is 5.54 Å². The van der Waals surface area contributed by atoms with Gasteiger partial charge in [-0.15, -0.1) is 0 Å². The Balaban J connectivity index is 1.91. The summed E-state index contributed by atoms with van der Waals surface area (Å²) in [6, 6.07) is 0. The molecule has 4 heteroatoms. The molecule has 1 aliphatic carbocycles. The summed E-state index contributed by atoms with van der Waals surface area (Å²) < 4.78 is 1.95. The van der Waals surface area contributed by atoms with E-state index in [9.17, 15) is 4.79 Å². The number of rotatable bonds is 4. The number of carbonyl (C=O) groups excluding carboxylic acids is 1. The van der Waals surface area contributed by atoms with Crippen molar-refractivity contribution in [2.24, 2.45) is 12.8 Å². The fourth-order valence-corrected chi connectivity index (χ4v) is 2.40. The van der Waals surface area contributed by atoms with Crippen LogP contribution in [0.4, 0.5) is 0 Å². The molecule has 0 amide bonds. The van der Waals surface area contributed by atoms with Crippen LogP contribution in [0.5, 0.6) is 0 Å². The highest BCUT2D eigenvalue weighted by molar-refractivity contribution is 5.88. The van der Waals surface area contributed by atoms with Gasteiger partial charge in [-0.3, -0.25) is 4.79 Å². The highest BCUT2D eigenvalue weighted by atomic mass is 16.1. The zero-order chi connectivity index (χ0) is 11.6. The van der Waals surface area contributed by atoms with E-state index in [1.807, 2.05) is 17.8 Å². The molecular weight excluding hydrogens is 202 g/mol. The second-order valence-electron chi connectivity index (χ2n) is 4.74. The molecule has 0 unspecified atom stereocenters. The summed E-state index contributed by atoms with van der Waals surface area (Å²) in [5.41, 5.74) is 5.57. The number of hydrogen-bond donors (Lipinski definition) is 1. The largest absolute Gasteiger partial charge is 0.338 e. The lowest BCUT2D eigenvalue weighted by Crippen LogP contribution is -2.45. The number of carbonyl (C=O) groups is 1. The molecule has 1 aliphatic rings. The average Bonchev–Trinajstić information content (AvgIpc) is 2.85. The molecule has 0 aliphatic heterocycles. The van der Waals surface area contributed by atoms with Crippen LogP contribution < -0.4 is 5.73 Å². The number of hydrogen-bond acceptors (Lipinski definition) is 3. The molecular formula is C12H19N3O. The van der Waals surface area contributed by atoms with E-state index in [-0.39, 0.29) is 5.78 Å². The number of ketones is 1. The summed E-state index contributed by atoms with van der Waals surface area (Å²) in [6.45, 7) is 0. The lowest BCUT2D eigenvalue weighted by molar-refractivity contribution is -0.124. The van der Waals surface area contributed by atoms with Crippen molar-refractivity contribution < 1.29 is 4.79 Å². The van der Waals surface area contributed by atoms with Gasteiger partial charge in [0.1, 0.15) is 5.82 Å². The molecule has 0 spiro atoms. The maximum Gasteiger partial charge on any atom is 0.153 e. The van der Waals surface area contributed by atoms with Gasteiger partial charge in [-0.2, -0.15) is 0 Å². The van der Waals surface area contributed by atoms with Crippen molar-refractivity contribution in [2.45, 2.75) is 44.1 Å². The van der Waals surface area contributed by atoms with Crippen LogP contribution in [0.3, 0.4) is 0 Å². The zero-order valence-electron chi connectivity index (χ0n) is 9.78. The van der Waals surface area contributed by atoms with Gasteiger partial charge in [0.2, 0.25) is 0 Å². The first-order valence-electron chi connectivity index (χ1n) is 5.90. The third-order valence-electron chi connectivity index (χ3n) is 3.55. The Hall–Kier alpha value is -1.16. The van der Waals surface area contributed by atoms with E-state index < -0.39 is 5.54 Å². The Morgan fingerprint density at radius 3 is 2.81 bits per heavy atom. The molecule has 0 radical (unpaired) electrons. The SMILES string of the molecule is Cn1ccnc1CCC(=O)C1(N)CCCC1. The van der Waals surface area contributed by atoms with E-state index in [1.165, 1.54) is 0 Å². The van der Waals surface area contributed by atoms with Crippen LogP contribution in [0.15, 0.2) is 12.4 Å². The lowest BCUT2D eigenvalue weighted by atomic mass is 9.90. The van der Waals surface area contributed by atoms with Crippen molar-refractivity contribution in [1.82, 2.24) is 9.55 Å². The van der Waals surface area contributed by atoms with E-state index in [2.05, 4.69) is 4.98 Å². The molecule has 0 saturated heterocycles. The summed E-state index contributed by atoms with van der Waals surface area (Å²) in [6.07, 6.45) is 8.75. The molecule has 0 aromatic carbocycles. The Kier molecular flexibility index (Phi) is 3.10. The molecule has 1 aromatic heterocycles. The van der Waals surface area contributed by atoms with Crippen molar-refractivity contribution in [3.05, 3.63) is 18.2 Å². The number of Topliss-reactive ketones (excluding diaryl/α,β-unsaturated/α-hetero) is 1. The maximum absolute atomic E-state index is 12.0. The Morgan fingerprint density at radius 2 is 2.25 bits per heavy atom. The predicted octanol–water partition coefficient (Wildman–Crippen LogP) is 1.19. The van der Waals surface area contributed by atoms with Gasteiger partial charge < -0.3 is 10.3 Å². The number of aryl methyl sites for hydroxylation is 2. The van der Waals surface area contributed by atoms with Crippen molar-refractivity contribution in [3.63, 3.8) is 0 Å². The van der Waals surface area contributed by atoms with Crippen molar-refractivity contribution >= 4 is 5.78 Å². The topological polar surface area (TPSA) is 60.9 Å². The fourth-order valence-electron chi connectivity index (χ4n) is 2.40. The first kappa shape index (κ1) is 11.3. The molecule has 0 bridgehead atoms. The fraction of sp³-hybridized carbons (Fsp3) is 0.667. The molecule has 88 valence electrons. The van der Waals surface area contributed by atoms with Crippen LogP contribution in [0.2, 0.25) is 0 Å². The zero-order valence-corrected chi connectivity index (χ0v) is 9.78. The minimum Gasteiger partial charge on any atom is -0.338 e. The molecule has 2 N–H and O–H groups in total. The first-order chi connectivity index (χ1) is 7.62. The van der Waals surface area contributed by atoms with Gasteiger partial charge in [0.25, 0.3) is 0 Å². The second kappa shape index (κ2) is 4.37. The summed E-state index contributed by atoms with van der Waals surface area (Å²) in [5, 5.41) is 0. The molecule has 0 atom stereocenters. The van der Waals surface area contributed by atoms with E-state index in [0.717, 1.165) is 31.5 Å². The maximum atomic E-state index is 12.0. The van der Waals surface area contributed by atoms with Crippen LogP contribution in [-0.2, 0) is 18.3 Å². The van der Waals surface area contributed by atoms with Crippen LogP contribution in [0.1, 0.15) is 37.9 Å². The number of nitrogens with zero attached hydrogens (tertiary/aromatic N) is 2. The van der Waals surface area contributed by atoms with Gasteiger partial charge >= 0.3 is 0 Å². The van der Waals surface area contributed by atoms with Gasteiger partial charge in [-0.05, 0) is 12.8 Å². The van der Waals surface area contributed by atoms with Gasteiger partial charge in [0, 0.05) is 32.3 Å².